The summed E-state index contributed by atoms with van der Waals surface area (Å²) in [6.07, 6.45) is 0. The maximum Gasteiger partial charge on any atom is 0.492 e. The number of methoxy groups -OCH3 is 8. The molecule has 119 heavy (non-hydrogen) atoms. The van der Waals surface area contributed by atoms with E-state index < -0.39 is 43.0 Å². The number of aromatic hydroxyl groups is 1. The van der Waals surface area contributed by atoms with Gasteiger partial charge in [0.1, 0.15) is 80.8 Å². The van der Waals surface area contributed by atoms with Crippen molar-refractivity contribution in [2.75, 3.05) is 76.8 Å². The lowest BCUT2D eigenvalue weighted by Gasteiger charge is -2.23. The molecule has 622 valence electrons. The number of aliphatic hydroxyl groups is 1. The zero-order chi connectivity index (χ0) is 87.2. The molecule has 0 atom stereocenters. The van der Waals surface area contributed by atoms with Crippen LogP contribution in [0.5, 0.6) is 74.7 Å². The average Bonchev–Trinajstić information content (AvgIpc) is 1.72. The van der Waals surface area contributed by atoms with E-state index in [1.807, 2.05) is 64.1 Å². The topological polar surface area (TPSA) is 443 Å². The van der Waals surface area contributed by atoms with Gasteiger partial charge in [-0.1, -0.05) is 69.9 Å². The van der Waals surface area contributed by atoms with Gasteiger partial charge in [-0.05, 0) is 173 Å². The van der Waals surface area contributed by atoms with E-state index in [0.29, 0.717) is 74.1 Å². The average molecular weight is 1740 g/mol. The highest BCUT2D eigenvalue weighted by Gasteiger charge is 2.32. The Morgan fingerprint density at radius 1 is 0.437 bits per heavy atom. The van der Waals surface area contributed by atoms with Gasteiger partial charge in [-0.3, -0.25) is 4.72 Å². The number of nitrogens with one attached hydrogen (secondary N) is 1. The Kier molecular flexibility index (Phi) is 34.8. The lowest BCUT2D eigenvalue weighted by molar-refractivity contribution is 0.318. The van der Waals surface area contributed by atoms with Crippen LogP contribution in [-0.4, -0.2) is 147 Å². The van der Waals surface area contributed by atoms with Crippen LogP contribution in [0.25, 0.3) is 0 Å². The molecule has 0 aliphatic carbocycles. The predicted octanol–water partition coefficient (Wildman–Crippen LogP) is 12.6. The fraction of sp³-hybridized carbons (Fsp3) is 0.203. The molecular weight excluding hydrogens is 1660 g/mol. The van der Waals surface area contributed by atoms with Crippen LogP contribution in [0.3, 0.4) is 0 Å². The smallest absolute Gasteiger partial charge is 0.492 e. The molecule has 40 heteroatoms. The highest BCUT2D eigenvalue weighted by molar-refractivity contribution is 7.93. The molecule has 0 bridgehead atoms. The molecule has 0 radical (unpaired) electrons. The van der Waals surface area contributed by atoms with Gasteiger partial charge in [0.05, 0.1) is 101 Å². The summed E-state index contributed by atoms with van der Waals surface area (Å²) in [6.45, 7) is 9.30. The van der Waals surface area contributed by atoms with E-state index in [-0.39, 0.29) is 83.7 Å². The third-order valence-electron chi connectivity index (χ3n) is 16.1. The number of anilines is 3. The number of halogens is 1. The van der Waals surface area contributed by atoms with E-state index in [0.717, 1.165) is 83.1 Å². The summed E-state index contributed by atoms with van der Waals surface area (Å²) in [5, 5.41) is 85.9. The monoisotopic (exact) mass is 1740 g/mol. The summed E-state index contributed by atoms with van der Waals surface area (Å²) in [6, 6.07) is 48.2. The first-order valence-corrected chi connectivity index (χ1v) is 41.6. The quantitative estimate of drug-likeness (QED) is 0.0314. The number of sulfonamides is 3. The molecule has 0 aliphatic rings. The van der Waals surface area contributed by atoms with Gasteiger partial charge in [0.15, 0.2) is 34.5 Å². The van der Waals surface area contributed by atoms with Crippen molar-refractivity contribution in [3.8, 4) is 93.0 Å². The highest BCUT2D eigenvalue weighted by atomic mass is 32.2. The van der Waals surface area contributed by atoms with Crippen molar-refractivity contribution in [2.45, 2.75) is 62.4 Å². The van der Waals surface area contributed by atoms with Gasteiger partial charge in [0, 0.05) is 35.3 Å². The highest BCUT2D eigenvalue weighted by Crippen LogP contribution is 2.40. The SMILES string of the molecule is CCO.COc1ccc(C)cc1B(O)O.COc1ccc(C)cc1O.COc1ccc(C)cc1Oc1ccc(S(=O)(=O)Nc2nncs2)cc1C#N.COc1ccc(CN(c2nncs2)S(=O)(=O)c2ccc(F)c(C#N)c2)c(OC)c1.COc1ccc(CN(c2nncs2)S(=O)(=O)c2ccc(Oc3cc(C)ccc3OC)c(C#N)c2)c(OC)c1. The van der Waals surface area contributed by atoms with Gasteiger partial charge in [0.25, 0.3) is 30.1 Å². The fourth-order valence-electron chi connectivity index (χ4n) is 10.3. The van der Waals surface area contributed by atoms with Crippen LogP contribution in [0.2, 0.25) is 0 Å². The Hall–Kier alpha value is -12.9. The Labute approximate surface area is 699 Å². The number of rotatable bonds is 26. The third-order valence-corrected chi connectivity index (χ3v) is 23.3. The van der Waals surface area contributed by atoms with E-state index in [1.165, 1.54) is 110 Å². The van der Waals surface area contributed by atoms with Crippen molar-refractivity contribution in [1.29, 1.82) is 15.8 Å². The Bertz CT molecular complexity index is 5890. The molecule has 3 heterocycles. The maximum absolute atomic E-state index is 13.9. The summed E-state index contributed by atoms with van der Waals surface area (Å²) in [7, 11) is -1.69. The fourth-order valence-corrected chi connectivity index (χ4v) is 16.4. The normalized spacial score (nSPS) is 10.5. The molecule has 3 aromatic heterocycles. The largest absolute Gasteiger partial charge is 0.504 e. The van der Waals surface area contributed by atoms with Gasteiger partial charge in [0.2, 0.25) is 15.4 Å². The molecule has 5 N–H and O–H groups in total. The zero-order valence-electron chi connectivity index (χ0n) is 66.1. The number of hydrogen-bond donors (Lipinski definition) is 5. The minimum atomic E-state index is -4.18. The molecule has 0 fully saturated rings. The Balaban J connectivity index is 0.000000217. The number of nitriles is 3. The molecule has 9 aromatic carbocycles. The van der Waals surface area contributed by atoms with Gasteiger partial charge in [-0.2, -0.15) is 15.8 Å². The second-order valence-corrected chi connectivity index (χ2v) is 32.0. The molecule has 0 amide bonds. The van der Waals surface area contributed by atoms with Crippen LogP contribution in [0.1, 0.15) is 57.0 Å². The summed E-state index contributed by atoms with van der Waals surface area (Å²) in [4.78, 5) is -0.434. The van der Waals surface area contributed by atoms with Gasteiger partial charge in [-0.25, -0.2) is 38.3 Å². The van der Waals surface area contributed by atoms with Crippen LogP contribution in [0.4, 0.5) is 19.8 Å². The molecule has 12 aromatic rings. The lowest BCUT2D eigenvalue weighted by Crippen LogP contribution is -2.31. The van der Waals surface area contributed by atoms with Crippen LogP contribution in [0.15, 0.2) is 195 Å². The number of benzene rings is 9. The number of aryl methyl sites for hydroxylation is 4. The molecule has 0 unspecified atom stereocenters. The van der Waals surface area contributed by atoms with Crippen LogP contribution in [-0.2, 0) is 43.2 Å². The van der Waals surface area contributed by atoms with E-state index in [4.69, 9.17) is 72.9 Å². The third kappa shape index (κ3) is 25.3. The van der Waals surface area contributed by atoms with Crippen molar-refractivity contribution >= 4 is 92.1 Å². The van der Waals surface area contributed by atoms with Crippen molar-refractivity contribution in [1.82, 2.24) is 30.6 Å². The number of aromatic nitrogens is 6. The molecule has 0 spiro atoms. The van der Waals surface area contributed by atoms with Crippen molar-refractivity contribution in [3.05, 3.63) is 236 Å². The minimum Gasteiger partial charge on any atom is -0.504 e. The molecule has 0 aliphatic heterocycles. The van der Waals surface area contributed by atoms with E-state index in [1.54, 1.807) is 97.9 Å². The molecular formula is C79H80BFN12O20S6. The second kappa shape index (κ2) is 44.4. The summed E-state index contributed by atoms with van der Waals surface area (Å²) in [5.41, 5.74) is 9.39. The van der Waals surface area contributed by atoms with Crippen molar-refractivity contribution in [3.63, 3.8) is 0 Å². The van der Waals surface area contributed by atoms with Gasteiger partial charge < -0.3 is 67.6 Å². The number of phenols is 1. The first kappa shape index (κ1) is 93.2. The number of aliphatic hydroxyl groups excluding tert-OH is 1. The number of ether oxygens (including phenoxy) is 10. The maximum atomic E-state index is 13.9. The van der Waals surface area contributed by atoms with Crippen LogP contribution < -0.4 is 66.2 Å². The molecule has 12 rings (SSSR count). The molecule has 0 saturated heterocycles. The first-order valence-electron chi connectivity index (χ1n) is 34.6. The van der Waals surface area contributed by atoms with E-state index in [2.05, 4.69) is 35.3 Å². The molecule has 32 nitrogen and oxygen atoms in total. The number of phenolic OH excluding ortho intramolecular Hbond substituents is 1. The zero-order valence-corrected chi connectivity index (χ0v) is 71.0. The first-order chi connectivity index (χ1) is 56.9. The van der Waals surface area contributed by atoms with E-state index in [9.17, 15) is 40.2 Å². The van der Waals surface area contributed by atoms with Crippen molar-refractivity contribution < 1.29 is 97.3 Å². The minimum absolute atomic E-state index is 0.0360. The van der Waals surface area contributed by atoms with E-state index >= 15 is 0 Å². The summed E-state index contributed by atoms with van der Waals surface area (Å²) >= 11 is 3.14. The number of hydrogen-bond acceptors (Lipinski definition) is 32. The van der Waals surface area contributed by atoms with Crippen LogP contribution in [0, 0.1) is 67.5 Å². The second-order valence-electron chi connectivity index (χ2n) is 24.1. The van der Waals surface area contributed by atoms with Crippen molar-refractivity contribution in [2.24, 2.45) is 0 Å². The number of nitrogens with zero attached hydrogens (tertiary/aromatic N) is 11. The Morgan fingerprint density at radius 2 is 0.815 bits per heavy atom. The van der Waals surface area contributed by atoms with Gasteiger partial charge in [-0.15, -0.1) is 30.6 Å². The predicted molar refractivity (Wildman–Crippen MR) is 445 cm³/mol. The summed E-state index contributed by atoms with van der Waals surface area (Å²) < 4.78 is 151. The Morgan fingerprint density at radius 3 is 1.21 bits per heavy atom. The van der Waals surface area contributed by atoms with Crippen LogP contribution >= 0.6 is 34.0 Å². The summed E-state index contributed by atoms with van der Waals surface area (Å²) in [5.74, 6) is 4.61. The molecule has 0 saturated carbocycles. The standard InChI is InChI=1S/C26H24N4O6S2.C18H15FN4O4S2.C17H14N4O4S2.C8H11BO3.C8H10O2.C2H6O/c1-17-5-9-23(34-3)25(11-17)36-22-10-8-21(12-19(22)14-27)38(31,32)30(26-29-28-16-37-26)15-18-6-7-20(33-2)13-24(18)35-4;1-26-14-4-3-12(17(8-14)27-2)10-23(18-22-21-11-28-18)29(24,25)15-5-6-16(19)13(7-15)9-20;1-11-3-5-15(24-2)16(7-11)25-14-6-4-13(8-12(14)9-18)27(22,23)21-17-20-19-10-26-17;1-6-3-4-8(12-2)7(5-6)9(10)11;1-6-3-4-8(10-2)7(9)5-6;1-2-3/h5-13,16H,15H2,1-4H3;3-8,11H,10H2,1-2H3;3-8,10H,1-2H3,(H,20,21);3-5,10-11H,1-2H3;3-5,9H,1-2H3;3H,2H2,1H3. The van der Waals surface area contributed by atoms with Gasteiger partial charge >= 0.3 is 7.12 Å². The lowest BCUT2D eigenvalue weighted by atomic mass is 9.79.